The molecule has 0 unspecified atom stereocenters. The molecule has 92 valence electrons. The average Bonchev–Trinajstić information content (AvgIpc) is 2.79. The van der Waals surface area contributed by atoms with Crippen LogP contribution in [0.2, 0.25) is 0 Å². The average molecular weight is 247 g/mol. The van der Waals surface area contributed by atoms with Crippen molar-refractivity contribution in [3.63, 3.8) is 0 Å². The van der Waals surface area contributed by atoms with E-state index in [2.05, 4.69) is 18.2 Å². The van der Waals surface area contributed by atoms with E-state index >= 15 is 0 Å². The number of furan rings is 1. The third kappa shape index (κ3) is 2.23. The molecule has 0 atom stereocenters. The highest BCUT2D eigenvalue weighted by Gasteiger charge is 2.13. The summed E-state index contributed by atoms with van der Waals surface area (Å²) < 4.78 is 5.90. The lowest BCUT2D eigenvalue weighted by Crippen LogP contribution is -1.91. The number of hydrogen-bond acceptors (Lipinski definition) is 2. The van der Waals surface area contributed by atoms with Crippen molar-refractivity contribution in [3.8, 4) is 6.07 Å². The van der Waals surface area contributed by atoms with Crippen LogP contribution in [0.3, 0.4) is 0 Å². The van der Waals surface area contributed by atoms with Gasteiger partial charge in [0.1, 0.15) is 11.3 Å². The van der Waals surface area contributed by atoms with E-state index in [1.807, 2.05) is 42.5 Å². The molecule has 0 saturated carbocycles. The first kappa shape index (κ1) is 11.6. The smallest absolute Gasteiger partial charge is 0.134 e. The fourth-order valence-corrected chi connectivity index (χ4v) is 2.35. The van der Waals surface area contributed by atoms with Gasteiger partial charge >= 0.3 is 0 Å². The molecule has 0 aliphatic carbocycles. The Morgan fingerprint density at radius 2 is 1.68 bits per heavy atom. The first-order valence-electron chi connectivity index (χ1n) is 6.28. The van der Waals surface area contributed by atoms with Crippen LogP contribution in [0, 0.1) is 11.3 Å². The van der Waals surface area contributed by atoms with Crippen LogP contribution in [0.1, 0.15) is 16.9 Å². The number of nitrogens with zero attached hydrogens (tertiary/aromatic N) is 1. The van der Waals surface area contributed by atoms with Gasteiger partial charge in [0, 0.05) is 17.4 Å². The molecule has 0 aliphatic rings. The van der Waals surface area contributed by atoms with Crippen molar-refractivity contribution >= 4 is 11.0 Å². The quantitative estimate of drug-likeness (QED) is 0.699. The lowest BCUT2D eigenvalue weighted by Gasteiger charge is -2.00. The number of fused-ring (bicyclic) bond motifs is 1. The highest BCUT2D eigenvalue weighted by atomic mass is 16.3. The molecule has 1 heterocycles. The summed E-state index contributed by atoms with van der Waals surface area (Å²) in [4.78, 5) is 0. The maximum Gasteiger partial charge on any atom is 0.134 e. The van der Waals surface area contributed by atoms with Crippen molar-refractivity contribution in [1.29, 1.82) is 5.26 Å². The molecule has 0 N–H and O–H groups in total. The summed E-state index contributed by atoms with van der Waals surface area (Å²) in [5.41, 5.74) is 3.07. The van der Waals surface area contributed by atoms with Crippen molar-refractivity contribution in [3.05, 3.63) is 71.5 Å². The van der Waals surface area contributed by atoms with E-state index in [1.165, 1.54) is 5.56 Å². The maximum absolute atomic E-state index is 9.00. The van der Waals surface area contributed by atoms with Gasteiger partial charge in [-0.1, -0.05) is 48.5 Å². The van der Waals surface area contributed by atoms with Crippen LogP contribution in [-0.4, -0.2) is 0 Å². The molecule has 1 aromatic heterocycles. The minimum absolute atomic E-state index is 0.388. The summed E-state index contributed by atoms with van der Waals surface area (Å²) in [6.07, 6.45) is 1.12. The molecule has 2 aromatic carbocycles. The van der Waals surface area contributed by atoms with Gasteiger partial charge in [0.2, 0.25) is 0 Å². The largest absolute Gasteiger partial charge is 0.460 e. The molecule has 0 aliphatic heterocycles. The molecule has 19 heavy (non-hydrogen) atoms. The highest BCUT2D eigenvalue weighted by Crippen LogP contribution is 2.27. The van der Waals surface area contributed by atoms with Crippen LogP contribution in [0.25, 0.3) is 11.0 Å². The van der Waals surface area contributed by atoms with E-state index in [-0.39, 0.29) is 0 Å². The molecule has 3 aromatic rings. The Morgan fingerprint density at radius 1 is 0.947 bits per heavy atom. The first-order chi connectivity index (χ1) is 9.38. The highest BCUT2D eigenvalue weighted by molar-refractivity contribution is 5.82. The Kier molecular flexibility index (Phi) is 3.04. The molecule has 3 rings (SSSR count). The van der Waals surface area contributed by atoms with Crippen LogP contribution in [0.5, 0.6) is 0 Å². The predicted octanol–water partition coefficient (Wildman–Crippen LogP) is 4.09. The van der Waals surface area contributed by atoms with Gasteiger partial charge in [-0.05, 0) is 11.6 Å². The Bertz CT molecular complexity index is 735. The second-order valence-electron chi connectivity index (χ2n) is 4.50. The third-order valence-corrected chi connectivity index (χ3v) is 3.25. The van der Waals surface area contributed by atoms with Crippen LogP contribution >= 0.6 is 0 Å². The van der Waals surface area contributed by atoms with E-state index in [4.69, 9.17) is 9.68 Å². The summed E-state index contributed by atoms with van der Waals surface area (Å²) in [6, 6.07) is 20.3. The number of nitriles is 1. The molecule has 0 radical (unpaired) electrons. The minimum Gasteiger partial charge on any atom is -0.460 e. The van der Waals surface area contributed by atoms with Crippen molar-refractivity contribution in [1.82, 2.24) is 0 Å². The lowest BCUT2D eigenvalue weighted by molar-refractivity contribution is 0.558. The molecule has 0 fully saturated rings. The monoisotopic (exact) mass is 247 g/mol. The SMILES string of the molecule is N#CCc1c(Cc2ccccc2)oc2ccccc12. The van der Waals surface area contributed by atoms with Crippen LogP contribution < -0.4 is 0 Å². The van der Waals surface area contributed by atoms with E-state index in [0.717, 1.165) is 28.7 Å². The van der Waals surface area contributed by atoms with Crippen molar-refractivity contribution in [2.75, 3.05) is 0 Å². The topological polar surface area (TPSA) is 36.9 Å². The summed E-state index contributed by atoms with van der Waals surface area (Å²) in [7, 11) is 0. The standard InChI is InChI=1S/C17H13NO/c18-11-10-15-14-8-4-5-9-16(14)19-17(15)12-13-6-2-1-3-7-13/h1-9H,10,12H2. The summed E-state index contributed by atoms with van der Waals surface area (Å²) in [5.74, 6) is 0.897. The Hall–Kier alpha value is -2.53. The summed E-state index contributed by atoms with van der Waals surface area (Å²) in [6.45, 7) is 0. The number of para-hydroxylation sites is 1. The van der Waals surface area contributed by atoms with Gasteiger partial charge in [-0.2, -0.15) is 5.26 Å². The van der Waals surface area contributed by atoms with E-state index < -0.39 is 0 Å². The lowest BCUT2D eigenvalue weighted by atomic mass is 10.0. The molecular formula is C17H13NO. The zero-order valence-corrected chi connectivity index (χ0v) is 10.5. The Labute approximate surface area is 111 Å². The van der Waals surface area contributed by atoms with Crippen molar-refractivity contribution in [2.45, 2.75) is 12.8 Å². The number of hydrogen-bond donors (Lipinski definition) is 0. The van der Waals surface area contributed by atoms with Gasteiger partial charge in [-0.25, -0.2) is 0 Å². The normalized spacial score (nSPS) is 10.5. The molecule has 0 amide bonds. The number of benzene rings is 2. The maximum atomic E-state index is 9.00. The zero-order valence-electron chi connectivity index (χ0n) is 10.5. The Morgan fingerprint density at radius 3 is 2.47 bits per heavy atom. The summed E-state index contributed by atoms with van der Waals surface area (Å²) >= 11 is 0. The first-order valence-corrected chi connectivity index (χ1v) is 6.28. The molecule has 0 spiro atoms. The molecule has 0 saturated heterocycles. The predicted molar refractivity (Wildman–Crippen MR) is 74.8 cm³/mol. The van der Waals surface area contributed by atoms with Gasteiger partial charge in [-0.3, -0.25) is 0 Å². The van der Waals surface area contributed by atoms with Crippen LogP contribution in [0.4, 0.5) is 0 Å². The van der Waals surface area contributed by atoms with Gasteiger partial charge in [-0.15, -0.1) is 0 Å². The van der Waals surface area contributed by atoms with Crippen molar-refractivity contribution in [2.24, 2.45) is 0 Å². The fraction of sp³-hybridized carbons (Fsp3) is 0.118. The number of rotatable bonds is 3. The Balaban J connectivity index is 2.07. The second-order valence-corrected chi connectivity index (χ2v) is 4.50. The van der Waals surface area contributed by atoms with E-state index in [0.29, 0.717) is 6.42 Å². The summed E-state index contributed by atoms with van der Waals surface area (Å²) in [5, 5.41) is 10.0. The minimum atomic E-state index is 0.388. The van der Waals surface area contributed by atoms with Gasteiger partial charge in [0.05, 0.1) is 12.5 Å². The molecule has 0 bridgehead atoms. The van der Waals surface area contributed by atoms with Crippen LogP contribution in [0.15, 0.2) is 59.0 Å². The molecule has 2 heteroatoms. The van der Waals surface area contributed by atoms with Gasteiger partial charge in [0.15, 0.2) is 0 Å². The fourth-order valence-electron chi connectivity index (χ4n) is 2.35. The molecular weight excluding hydrogens is 234 g/mol. The van der Waals surface area contributed by atoms with Crippen molar-refractivity contribution < 1.29 is 4.42 Å². The van der Waals surface area contributed by atoms with Gasteiger partial charge in [0.25, 0.3) is 0 Å². The second kappa shape index (κ2) is 4.99. The van der Waals surface area contributed by atoms with E-state index in [9.17, 15) is 0 Å². The molecule has 2 nitrogen and oxygen atoms in total. The third-order valence-electron chi connectivity index (χ3n) is 3.25. The van der Waals surface area contributed by atoms with E-state index in [1.54, 1.807) is 0 Å². The van der Waals surface area contributed by atoms with Crippen LogP contribution in [-0.2, 0) is 12.8 Å². The zero-order chi connectivity index (χ0) is 13.1. The van der Waals surface area contributed by atoms with Gasteiger partial charge < -0.3 is 4.42 Å².